The number of nitrogens with zero attached hydrogens (tertiary/aromatic N) is 1. The number of hydrogen-bond donors (Lipinski definition) is 2. The SMILES string of the molecule is COc1cccc([C@@]23CCN(CC4CC4)C[C@@]2(O)CC[C@@H](NC(=O)C#Cc2ccc(C(F)(F)F)cc2)C3)c1. The Morgan fingerprint density at radius 1 is 1.16 bits per heavy atom. The molecule has 0 bridgehead atoms. The van der Waals surface area contributed by atoms with Crippen LogP contribution in [0.1, 0.15) is 55.2 Å². The standard InChI is InChI=1S/C30H33F3N2O3/c1-38-26-4-2-3-24(17-26)28-15-16-35(19-22-5-6-22)20-29(28,37)14-13-25(18-28)34-27(36)12-9-21-7-10-23(11-8-21)30(31,32)33/h2-4,7-8,10-11,17,22,25,37H,5-6,13-16,18-20H2,1H3,(H,34,36)/t25-,28+,29+/m1/s1. The molecule has 1 heterocycles. The zero-order valence-electron chi connectivity index (χ0n) is 21.5. The minimum absolute atomic E-state index is 0.189. The fraction of sp³-hybridized carbons (Fsp3) is 0.500. The van der Waals surface area contributed by atoms with E-state index in [4.69, 9.17) is 4.74 Å². The molecule has 0 aromatic heterocycles. The first-order chi connectivity index (χ1) is 18.1. The number of carbonyl (C=O) groups is 1. The summed E-state index contributed by atoms with van der Waals surface area (Å²) in [5, 5.41) is 15.1. The van der Waals surface area contributed by atoms with Crippen molar-refractivity contribution in [1.29, 1.82) is 0 Å². The molecule has 2 aliphatic carbocycles. The lowest BCUT2D eigenvalue weighted by Gasteiger charge is -2.58. The molecule has 0 unspecified atom stereocenters. The topological polar surface area (TPSA) is 61.8 Å². The first-order valence-corrected chi connectivity index (χ1v) is 13.2. The minimum Gasteiger partial charge on any atom is -0.497 e. The smallest absolute Gasteiger partial charge is 0.416 e. The number of alkyl halides is 3. The van der Waals surface area contributed by atoms with Gasteiger partial charge in [0, 0.05) is 36.0 Å². The molecule has 1 aliphatic heterocycles. The molecule has 2 saturated carbocycles. The third-order valence-corrected chi connectivity index (χ3v) is 8.44. The molecular formula is C30H33F3N2O3. The molecule has 2 N–H and O–H groups in total. The Hall–Kier alpha value is -3.02. The number of amides is 1. The first-order valence-electron chi connectivity index (χ1n) is 13.2. The number of ether oxygens (including phenoxy) is 1. The molecule has 5 nitrogen and oxygen atoms in total. The molecular weight excluding hydrogens is 493 g/mol. The summed E-state index contributed by atoms with van der Waals surface area (Å²) in [5.41, 5.74) is -0.881. The van der Waals surface area contributed by atoms with Crippen LogP contribution in [0.4, 0.5) is 13.2 Å². The number of halogens is 3. The molecule has 1 saturated heterocycles. The van der Waals surface area contributed by atoms with Crippen molar-refractivity contribution in [2.45, 2.75) is 61.8 Å². The fourth-order valence-electron chi connectivity index (χ4n) is 6.22. The second-order valence-corrected chi connectivity index (χ2v) is 11.0. The largest absolute Gasteiger partial charge is 0.497 e. The highest BCUT2D eigenvalue weighted by atomic mass is 19.4. The van der Waals surface area contributed by atoms with Crippen molar-refractivity contribution in [3.63, 3.8) is 0 Å². The molecule has 3 atom stereocenters. The van der Waals surface area contributed by atoms with Crippen molar-refractivity contribution in [2.24, 2.45) is 5.92 Å². The van der Waals surface area contributed by atoms with Crippen LogP contribution in [0.15, 0.2) is 48.5 Å². The molecule has 2 aromatic rings. The summed E-state index contributed by atoms with van der Waals surface area (Å²) in [5.74, 6) is 6.17. The van der Waals surface area contributed by atoms with Gasteiger partial charge in [-0.05, 0) is 92.9 Å². The minimum atomic E-state index is -4.42. The van der Waals surface area contributed by atoms with Gasteiger partial charge in [0.25, 0.3) is 5.91 Å². The zero-order chi connectivity index (χ0) is 27.0. The summed E-state index contributed by atoms with van der Waals surface area (Å²) in [6.45, 7) is 2.51. The summed E-state index contributed by atoms with van der Waals surface area (Å²) in [6.07, 6.45) is 0.610. The third kappa shape index (κ3) is 5.55. The number of rotatable bonds is 5. The van der Waals surface area contributed by atoms with Crippen molar-refractivity contribution >= 4 is 5.91 Å². The van der Waals surface area contributed by atoms with Gasteiger partial charge in [-0.1, -0.05) is 18.1 Å². The highest BCUT2D eigenvalue weighted by molar-refractivity contribution is 5.94. The number of nitrogens with one attached hydrogen (secondary N) is 1. The van der Waals surface area contributed by atoms with E-state index < -0.39 is 28.7 Å². The molecule has 3 fully saturated rings. The second kappa shape index (κ2) is 10.3. The van der Waals surface area contributed by atoms with Crippen LogP contribution < -0.4 is 10.1 Å². The van der Waals surface area contributed by atoms with Crippen LogP contribution in [-0.4, -0.2) is 54.3 Å². The van der Waals surface area contributed by atoms with Crippen LogP contribution >= 0.6 is 0 Å². The van der Waals surface area contributed by atoms with Gasteiger partial charge in [0.05, 0.1) is 18.3 Å². The first kappa shape index (κ1) is 26.6. The molecule has 202 valence electrons. The highest BCUT2D eigenvalue weighted by Crippen LogP contribution is 2.52. The highest BCUT2D eigenvalue weighted by Gasteiger charge is 2.57. The van der Waals surface area contributed by atoms with E-state index in [1.165, 1.54) is 25.0 Å². The molecule has 2 aromatic carbocycles. The van der Waals surface area contributed by atoms with Gasteiger partial charge >= 0.3 is 6.18 Å². The average molecular weight is 527 g/mol. The van der Waals surface area contributed by atoms with Crippen LogP contribution in [0.3, 0.4) is 0 Å². The predicted octanol–water partition coefficient (Wildman–Crippen LogP) is 4.52. The molecule has 0 radical (unpaired) electrons. The van der Waals surface area contributed by atoms with E-state index in [1.807, 2.05) is 24.3 Å². The number of benzene rings is 2. The van der Waals surface area contributed by atoms with E-state index in [0.29, 0.717) is 31.4 Å². The van der Waals surface area contributed by atoms with Gasteiger partial charge in [0.1, 0.15) is 5.75 Å². The van der Waals surface area contributed by atoms with Gasteiger partial charge in [-0.15, -0.1) is 0 Å². The van der Waals surface area contributed by atoms with Crippen LogP contribution in [0.2, 0.25) is 0 Å². The number of β-amino-alcohol motifs (C(OH)–C–C–N with tert-alkyl or cyclic N) is 1. The average Bonchev–Trinajstić information content (AvgIpc) is 3.71. The molecule has 1 amide bonds. The number of fused-ring (bicyclic) bond motifs is 1. The van der Waals surface area contributed by atoms with E-state index in [9.17, 15) is 23.1 Å². The molecule has 0 spiro atoms. The van der Waals surface area contributed by atoms with E-state index in [1.54, 1.807) is 7.11 Å². The van der Waals surface area contributed by atoms with Crippen molar-refractivity contribution in [2.75, 3.05) is 26.7 Å². The lowest BCUT2D eigenvalue weighted by Crippen LogP contribution is -2.67. The van der Waals surface area contributed by atoms with E-state index in [-0.39, 0.29) is 6.04 Å². The summed E-state index contributed by atoms with van der Waals surface area (Å²) in [7, 11) is 1.63. The maximum Gasteiger partial charge on any atom is 0.416 e. The molecule has 38 heavy (non-hydrogen) atoms. The predicted molar refractivity (Wildman–Crippen MR) is 138 cm³/mol. The van der Waals surface area contributed by atoms with Gasteiger partial charge in [0.15, 0.2) is 0 Å². The fourth-order valence-corrected chi connectivity index (χ4v) is 6.22. The Bertz CT molecular complexity index is 1230. The van der Waals surface area contributed by atoms with Crippen LogP contribution in [0.25, 0.3) is 0 Å². The second-order valence-electron chi connectivity index (χ2n) is 11.0. The lowest BCUT2D eigenvalue weighted by molar-refractivity contribution is -0.137. The normalized spacial score (nSPS) is 27.6. The summed E-state index contributed by atoms with van der Waals surface area (Å²) in [6, 6.07) is 12.1. The lowest BCUT2D eigenvalue weighted by atomic mass is 9.55. The van der Waals surface area contributed by atoms with Crippen LogP contribution in [0.5, 0.6) is 5.75 Å². The number of piperidine rings is 1. The number of aliphatic hydroxyl groups is 1. The zero-order valence-corrected chi connectivity index (χ0v) is 21.5. The van der Waals surface area contributed by atoms with Gasteiger partial charge in [-0.25, -0.2) is 0 Å². The molecule has 5 rings (SSSR count). The Morgan fingerprint density at radius 3 is 2.61 bits per heavy atom. The van der Waals surface area contributed by atoms with Crippen molar-refractivity contribution in [3.8, 4) is 17.6 Å². The van der Waals surface area contributed by atoms with Gasteiger partial charge < -0.3 is 20.1 Å². The Kier molecular flexibility index (Phi) is 7.19. The quantitative estimate of drug-likeness (QED) is 0.563. The van der Waals surface area contributed by atoms with E-state index in [0.717, 1.165) is 48.9 Å². The molecule has 3 aliphatic rings. The van der Waals surface area contributed by atoms with Crippen LogP contribution in [-0.2, 0) is 16.4 Å². The van der Waals surface area contributed by atoms with Gasteiger partial charge in [-0.3, -0.25) is 4.79 Å². The Labute approximate surface area is 221 Å². The van der Waals surface area contributed by atoms with Gasteiger partial charge in [-0.2, -0.15) is 13.2 Å². The molecule has 8 heteroatoms. The van der Waals surface area contributed by atoms with Crippen LogP contribution in [0, 0.1) is 17.8 Å². The number of hydrogen-bond acceptors (Lipinski definition) is 4. The number of carbonyl (C=O) groups excluding carboxylic acids is 1. The number of methoxy groups -OCH3 is 1. The Morgan fingerprint density at radius 2 is 1.92 bits per heavy atom. The maximum absolute atomic E-state index is 12.8. The van der Waals surface area contributed by atoms with Crippen molar-refractivity contribution in [3.05, 3.63) is 65.2 Å². The van der Waals surface area contributed by atoms with E-state index >= 15 is 0 Å². The third-order valence-electron chi connectivity index (χ3n) is 8.44. The monoisotopic (exact) mass is 526 g/mol. The summed E-state index contributed by atoms with van der Waals surface area (Å²) >= 11 is 0. The number of likely N-dealkylation sites (tertiary alicyclic amines) is 1. The van der Waals surface area contributed by atoms with Crippen molar-refractivity contribution < 1.29 is 27.8 Å². The Balaban J connectivity index is 1.33. The van der Waals surface area contributed by atoms with Crippen molar-refractivity contribution in [1.82, 2.24) is 10.2 Å². The van der Waals surface area contributed by atoms with Gasteiger partial charge in [0.2, 0.25) is 0 Å². The maximum atomic E-state index is 12.8. The van der Waals surface area contributed by atoms with E-state index in [2.05, 4.69) is 22.1 Å². The summed E-state index contributed by atoms with van der Waals surface area (Å²) < 4.78 is 43.8. The summed E-state index contributed by atoms with van der Waals surface area (Å²) in [4.78, 5) is 15.1.